The molecule has 1 aromatic rings. The van der Waals surface area contributed by atoms with Gasteiger partial charge in [-0.05, 0) is 30.2 Å². The van der Waals surface area contributed by atoms with Crippen LogP contribution in [0.1, 0.15) is 56.8 Å². The van der Waals surface area contributed by atoms with E-state index in [4.69, 9.17) is 11.6 Å². The third kappa shape index (κ3) is 3.94. The van der Waals surface area contributed by atoms with Gasteiger partial charge < -0.3 is 5.32 Å². The van der Waals surface area contributed by atoms with Crippen LogP contribution in [0.4, 0.5) is 4.39 Å². The molecule has 1 amide bonds. The summed E-state index contributed by atoms with van der Waals surface area (Å²) >= 11 is 5.90. The van der Waals surface area contributed by atoms with Gasteiger partial charge >= 0.3 is 0 Å². The number of rotatable bonds is 2. The largest absolute Gasteiger partial charge is 0.349 e. The zero-order valence-electron chi connectivity index (χ0n) is 12.7. The molecule has 0 bridgehead atoms. The third-order valence-corrected chi connectivity index (χ3v) is 4.55. The molecular formula is C16H22ClFN2O. The minimum Gasteiger partial charge on any atom is -0.349 e. The van der Waals surface area contributed by atoms with Crippen molar-refractivity contribution < 1.29 is 9.18 Å². The van der Waals surface area contributed by atoms with Gasteiger partial charge in [0.2, 0.25) is 0 Å². The van der Waals surface area contributed by atoms with E-state index in [1.165, 1.54) is 6.42 Å². The number of nitrogens with one attached hydrogen (secondary N) is 1. The van der Waals surface area contributed by atoms with Crippen LogP contribution in [0, 0.1) is 17.2 Å². The number of carbonyl (C=O) groups is 1. The molecule has 3 nitrogen and oxygen atoms in total. The second-order valence-corrected chi connectivity index (χ2v) is 7.19. The van der Waals surface area contributed by atoms with E-state index in [0.717, 1.165) is 31.5 Å². The SMILES string of the molecule is CC(C)(C)C1CCCCC1NC(=O)c1cc(F)cnc1Cl. The van der Waals surface area contributed by atoms with Gasteiger partial charge in [-0.15, -0.1) is 0 Å². The van der Waals surface area contributed by atoms with Gasteiger partial charge in [0.15, 0.2) is 0 Å². The molecule has 5 heteroatoms. The van der Waals surface area contributed by atoms with Crippen molar-refractivity contribution in [2.24, 2.45) is 11.3 Å². The van der Waals surface area contributed by atoms with Crippen molar-refractivity contribution in [2.45, 2.75) is 52.5 Å². The molecule has 1 aromatic heterocycles. The minimum atomic E-state index is -0.555. The van der Waals surface area contributed by atoms with Gasteiger partial charge in [-0.25, -0.2) is 9.37 Å². The topological polar surface area (TPSA) is 42.0 Å². The Bertz CT molecular complexity index is 527. The molecule has 2 unspecified atom stereocenters. The summed E-state index contributed by atoms with van der Waals surface area (Å²) in [4.78, 5) is 16.0. The number of halogens is 2. The van der Waals surface area contributed by atoms with Crippen LogP contribution < -0.4 is 5.32 Å². The fourth-order valence-corrected chi connectivity index (χ4v) is 3.36. The summed E-state index contributed by atoms with van der Waals surface area (Å²) in [7, 11) is 0. The molecule has 0 aromatic carbocycles. The number of nitrogens with zero attached hydrogens (tertiary/aromatic N) is 1. The first-order chi connectivity index (χ1) is 9.79. The van der Waals surface area contributed by atoms with E-state index < -0.39 is 5.82 Å². The molecule has 1 N–H and O–H groups in total. The van der Waals surface area contributed by atoms with Crippen LogP contribution in [0.25, 0.3) is 0 Å². The van der Waals surface area contributed by atoms with Crippen molar-refractivity contribution in [2.75, 3.05) is 0 Å². The van der Waals surface area contributed by atoms with Gasteiger partial charge in [-0.2, -0.15) is 0 Å². The number of hydrogen-bond acceptors (Lipinski definition) is 2. The lowest BCUT2D eigenvalue weighted by Crippen LogP contribution is -2.46. The minimum absolute atomic E-state index is 0.0389. The Balaban J connectivity index is 2.15. The van der Waals surface area contributed by atoms with E-state index >= 15 is 0 Å². The predicted octanol–water partition coefficient (Wildman–Crippen LogP) is 4.21. The Hall–Kier alpha value is -1.16. The second kappa shape index (κ2) is 6.30. The number of pyridine rings is 1. The molecule has 1 fully saturated rings. The molecule has 1 heterocycles. The van der Waals surface area contributed by atoms with E-state index in [1.54, 1.807) is 0 Å². The summed E-state index contributed by atoms with van der Waals surface area (Å²) in [6, 6.07) is 1.24. The lowest BCUT2D eigenvalue weighted by molar-refractivity contribution is 0.0829. The van der Waals surface area contributed by atoms with Gasteiger partial charge in [0.1, 0.15) is 11.0 Å². The van der Waals surface area contributed by atoms with Crippen molar-refractivity contribution in [1.29, 1.82) is 0 Å². The summed E-state index contributed by atoms with van der Waals surface area (Å²) in [5, 5.41) is 3.07. The standard InChI is InChI=1S/C16H22ClFN2O/c1-16(2,3)12-6-4-5-7-13(12)20-15(21)11-8-10(18)9-19-14(11)17/h8-9,12-13H,4-7H2,1-3H3,(H,20,21). The first kappa shape index (κ1) is 16.2. The molecular weight excluding hydrogens is 291 g/mol. The maximum Gasteiger partial charge on any atom is 0.254 e. The quantitative estimate of drug-likeness (QED) is 0.831. The first-order valence-electron chi connectivity index (χ1n) is 7.41. The fourth-order valence-electron chi connectivity index (χ4n) is 3.17. The average Bonchev–Trinajstić information content (AvgIpc) is 2.41. The molecule has 0 saturated heterocycles. The van der Waals surface area contributed by atoms with Gasteiger partial charge in [-0.1, -0.05) is 45.2 Å². The van der Waals surface area contributed by atoms with E-state index in [2.05, 4.69) is 31.1 Å². The van der Waals surface area contributed by atoms with Crippen LogP contribution >= 0.6 is 11.6 Å². The van der Waals surface area contributed by atoms with Gasteiger partial charge in [-0.3, -0.25) is 4.79 Å². The molecule has 116 valence electrons. The summed E-state index contributed by atoms with van der Waals surface area (Å²) < 4.78 is 13.3. The van der Waals surface area contributed by atoms with Crippen molar-refractivity contribution in [1.82, 2.24) is 10.3 Å². The van der Waals surface area contributed by atoms with Crippen LogP contribution in [0.3, 0.4) is 0 Å². The van der Waals surface area contributed by atoms with Crippen molar-refractivity contribution in [3.63, 3.8) is 0 Å². The molecule has 1 saturated carbocycles. The van der Waals surface area contributed by atoms with Crippen LogP contribution in [-0.2, 0) is 0 Å². The zero-order chi connectivity index (χ0) is 15.6. The van der Waals surface area contributed by atoms with Gasteiger partial charge in [0.25, 0.3) is 5.91 Å². The van der Waals surface area contributed by atoms with E-state index in [0.29, 0.717) is 5.92 Å². The van der Waals surface area contributed by atoms with Gasteiger partial charge in [0, 0.05) is 6.04 Å². The molecule has 1 aliphatic rings. The number of hydrogen-bond donors (Lipinski definition) is 1. The molecule has 0 radical (unpaired) electrons. The highest BCUT2D eigenvalue weighted by Crippen LogP contribution is 2.38. The van der Waals surface area contributed by atoms with Crippen molar-refractivity contribution in [3.05, 3.63) is 28.8 Å². The molecule has 21 heavy (non-hydrogen) atoms. The highest BCUT2D eigenvalue weighted by Gasteiger charge is 2.35. The van der Waals surface area contributed by atoms with Crippen LogP contribution in [0.5, 0.6) is 0 Å². The molecule has 0 aliphatic heterocycles. The highest BCUT2D eigenvalue weighted by atomic mass is 35.5. The van der Waals surface area contributed by atoms with Crippen LogP contribution in [0.15, 0.2) is 12.3 Å². The maximum absolute atomic E-state index is 13.3. The Morgan fingerprint density at radius 1 is 1.38 bits per heavy atom. The molecule has 1 aliphatic carbocycles. The molecule has 2 atom stereocenters. The zero-order valence-corrected chi connectivity index (χ0v) is 13.5. The van der Waals surface area contributed by atoms with E-state index in [-0.39, 0.29) is 28.1 Å². The average molecular weight is 313 g/mol. The normalized spacial score (nSPS) is 22.9. The maximum atomic E-state index is 13.3. The summed E-state index contributed by atoms with van der Waals surface area (Å²) in [6.07, 6.45) is 5.36. The smallest absolute Gasteiger partial charge is 0.254 e. The summed E-state index contributed by atoms with van der Waals surface area (Å²) in [5.74, 6) is -0.482. The Labute approximate surface area is 130 Å². The second-order valence-electron chi connectivity index (χ2n) is 6.83. The fraction of sp³-hybridized carbons (Fsp3) is 0.625. The first-order valence-corrected chi connectivity index (χ1v) is 7.79. The van der Waals surface area contributed by atoms with Gasteiger partial charge in [0.05, 0.1) is 11.8 Å². The van der Waals surface area contributed by atoms with E-state index in [9.17, 15) is 9.18 Å². The van der Waals surface area contributed by atoms with Crippen molar-refractivity contribution >= 4 is 17.5 Å². The predicted molar refractivity (Wildman–Crippen MR) is 81.9 cm³/mol. The lowest BCUT2D eigenvalue weighted by atomic mass is 9.69. The third-order valence-electron chi connectivity index (χ3n) is 4.25. The van der Waals surface area contributed by atoms with E-state index in [1.807, 2.05) is 0 Å². The summed E-state index contributed by atoms with van der Waals surface area (Å²) in [5.41, 5.74) is 0.234. The Morgan fingerprint density at radius 2 is 2.05 bits per heavy atom. The number of carbonyl (C=O) groups excluding carboxylic acids is 1. The van der Waals surface area contributed by atoms with Crippen molar-refractivity contribution in [3.8, 4) is 0 Å². The summed E-state index contributed by atoms with van der Waals surface area (Å²) in [6.45, 7) is 6.58. The van der Waals surface area contributed by atoms with Crippen LogP contribution in [0.2, 0.25) is 5.15 Å². The monoisotopic (exact) mass is 312 g/mol. The molecule has 0 spiro atoms. The Kier molecular flexibility index (Phi) is 4.87. The number of aromatic nitrogens is 1. The number of amides is 1. The Morgan fingerprint density at radius 3 is 2.71 bits per heavy atom. The van der Waals surface area contributed by atoms with Crippen LogP contribution in [-0.4, -0.2) is 16.9 Å². The molecule has 2 rings (SSSR count). The highest BCUT2D eigenvalue weighted by molar-refractivity contribution is 6.32. The lowest BCUT2D eigenvalue weighted by Gasteiger charge is -2.40.